The zero-order valence-electron chi connectivity index (χ0n) is 20.6. The normalized spacial score (nSPS) is 17.0. The SMILES string of the molecule is O=C(CCN1C(=O)/C(=C2\SC(=S)N(CCC(=O)Nc3cc(Cl)c(Cl)cc3Cl)C2=O)SC1=S)Nc1cc(Cl)c(Cl)cc1Cl. The van der Waals surface area contributed by atoms with Crippen molar-refractivity contribution in [2.75, 3.05) is 23.7 Å². The number of rotatable bonds is 8. The molecular weight excluding hydrogens is 749 g/mol. The number of thiocarbonyl (C=S) groups is 2. The Morgan fingerprint density at radius 3 is 1.31 bits per heavy atom. The summed E-state index contributed by atoms with van der Waals surface area (Å²) >= 11 is 48.6. The number of halogens is 6. The Bertz CT molecular complexity index is 1490. The van der Waals surface area contributed by atoms with E-state index in [0.717, 1.165) is 23.5 Å². The second-order valence-corrected chi connectivity index (χ2v) is 14.1. The lowest BCUT2D eigenvalue weighted by Crippen LogP contribution is -2.33. The van der Waals surface area contributed by atoms with Crippen LogP contribution >= 0.6 is 118 Å². The zero-order valence-corrected chi connectivity index (χ0v) is 28.4. The highest BCUT2D eigenvalue weighted by molar-refractivity contribution is 8.29. The van der Waals surface area contributed by atoms with Crippen LogP contribution in [0.5, 0.6) is 0 Å². The summed E-state index contributed by atoms with van der Waals surface area (Å²) < 4.78 is 0.358. The number of amides is 4. The predicted octanol–water partition coefficient (Wildman–Crippen LogP) is 7.90. The van der Waals surface area contributed by atoms with Crippen LogP contribution in [0, 0.1) is 0 Å². The van der Waals surface area contributed by atoms with Crippen molar-refractivity contribution < 1.29 is 19.2 Å². The third-order valence-electron chi connectivity index (χ3n) is 5.60. The number of nitrogens with one attached hydrogen (secondary N) is 2. The molecule has 0 radical (unpaired) electrons. The van der Waals surface area contributed by atoms with Gasteiger partial charge in [-0.15, -0.1) is 0 Å². The molecule has 18 heteroatoms. The van der Waals surface area contributed by atoms with E-state index in [-0.39, 0.29) is 85.9 Å². The minimum atomic E-state index is -0.530. The number of carbonyl (C=O) groups is 4. The first kappa shape index (κ1) is 33.6. The summed E-state index contributed by atoms with van der Waals surface area (Å²) in [5.41, 5.74) is 0.526. The van der Waals surface area contributed by atoms with Gasteiger partial charge in [0.05, 0.1) is 51.3 Å². The van der Waals surface area contributed by atoms with Gasteiger partial charge in [-0.25, -0.2) is 0 Å². The summed E-state index contributed by atoms with van der Waals surface area (Å²) in [6.07, 6.45) is -0.232. The minimum Gasteiger partial charge on any atom is -0.325 e. The third-order valence-corrected chi connectivity index (χ3v) is 10.7. The molecule has 2 N–H and O–H groups in total. The number of nitrogens with zero attached hydrogens (tertiary/aromatic N) is 2. The quantitative estimate of drug-likeness (QED) is 0.159. The number of anilines is 2. The van der Waals surface area contributed by atoms with Crippen LogP contribution in [0.4, 0.5) is 11.4 Å². The molecular formula is C24H14Cl6N4O4S4. The zero-order chi connectivity index (χ0) is 30.9. The van der Waals surface area contributed by atoms with Gasteiger partial charge in [0, 0.05) is 25.9 Å². The van der Waals surface area contributed by atoms with Crippen molar-refractivity contribution in [1.82, 2.24) is 9.80 Å². The molecule has 8 nitrogen and oxygen atoms in total. The molecule has 4 rings (SSSR count). The Hall–Kier alpha value is -1.32. The van der Waals surface area contributed by atoms with E-state index in [2.05, 4.69) is 10.6 Å². The second kappa shape index (κ2) is 14.2. The molecule has 2 saturated heterocycles. The number of hydrogen-bond donors (Lipinski definition) is 2. The fourth-order valence-electron chi connectivity index (χ4n) is 3.54. The van der Waals surface area contributed by atoms with Gasteiger partial charge < -0.3 is 10.6 Å². The Kier molecular flexibility index (Phi) is 11.3. The highest BCUT2D eigenvalue weighted by Crippen LogP contribution is 2.42. The van der Waals surface area contributed by atoms with Crippen LogP contribution in [0.25, 0.3) is 0 Å². The maximum absolute atomic E-state index is 13.2. The van der Waals surface area contributed by atoms with Crippen molar-refractivity contribution in [2.45, 2.75) is 12.8 Å². The summed E-state index contributed by atoms with van der Waals surface area (Å²) in [5.74, 6) is -1.96. The number of benzene rings is 2. The van der Waals surface area contributed by atoms with E-state index in [9.17, 15) is 19.2 Å². The van der Waals surface area contributed by atoms with Gasteiger partial charge in [0.1, 0.15) is 8.64 Å². The van der Waals surface area contributed by atoms with Gasteiger partial charge in [0.15, 0.2) is 0 Å². The largest absolute Gasteiger partial charge is 0.325 e. The lowest BCUT2D eigenvalue weighted by Gasteiger charge is -2.15. The maximum atomic E-state index is 13.2. The van der Waals surface area contributed by atoms with Gasteiger partial charge >= 0.3 is 0 Å². The summed E-state index contributed by atoms with van der Waals surface area (Å²) in [5, 5.41) is 6.51. The van der Waals surface area contributed by atoms with Crippen LogP contribution in [0.1, 0.15) is 12.8 Å². The Morgan fingerprint density at radius 2 is 0.952 bits per heavy atom. The Labute approximate surface area is 288 Å². The van der Waals surface area contributed by atoms with Gasteiger partial charge in [-0.1, -0.05) is 118 Å². The van der Waals surface area contributed by atoms with Gasteiger partial charge in [-0.3, -0.25) is 29.0 Å². The van der Waals surface area contributed by atoms with Crippen molar-refractivity contribution in [3.05, 3.63) is 64.2 Å². The minimum absolute atomic E-state index is 0.0450. The lowest BCUT2D eigenvalue weighted by atomic mass is 10.3. The summed E-state index contributed by atoms with van der Waals surface area (Å²) in [6, 6.07) is 5.63. The molecule has 4 amide bonds. The molecule has 0 spiro atoms. The Balaban J connectivity index is 1.36. The standard InChI is InChI=1S/C24H14Cl6N4O4S4/c25-9-5-13(29)15(7-11(9)27)31-17(35)1-3-33-21(37)19(41-23(33)39)20-22(38)34(24(40)42-20)4-2-18(36)32-16-8-12(28)10(26)6-14(16)30/h5-8H,1-4H2,(H,31,35)(H,32,36)/b20-19+. The first-order valence-electron chi connectivity index (χ1n) is 11.5. The average molecular weight is 763 g/mol. The first-order chi connectivity index (χ1) is 19.8. The number of hydrogen-bond acceptors (Lipinski definition) is 8. The van der Waals surface area contributed by atoms with E-state index in [1.807, 2.05) is 0 Å². The van der Waals surface area contributed by atoms with Gasteiger partial charge in [0.25, 0.3) is 11.8 Å². The number of thioether (sulfide) groups is 2. The van der Waals surface area contributed by atoms with E-state index in [1.54, 1.807) is 0 Å². The second-order valence-electron chi connectivity index (χ2n) is 8.40. The van der Waals surface area contributed by atoms with Gasteiger partial charge in [-0.05, 0) is 24.3 Å². The molecule has 220 valence electrons. The molecule has 2 aromatic rings. The topological polar surface area (TPSA) is 98.8 Å². The van der Waals surface area contributed by atoms with E-state index < -0.39 is 23.6 Å². The van der Waals surface area contributed by atoms with Gasteiger partial charge in [-0.2, -0.15) is 0 Å². The van der Waals surface area contributed by atoms with E-state index in [0.29, 0.717) is 0 Å². The third kappa shape index (κ3) is 7.66. The Morgan fingerprint density at radius 1 is 0.619 bits per heavy atom. The molecule has 2 heterocycles. The molecule has 42 heavy (non-hydrogen) atoms. The smallest absolute Gasteiger partial charge is 0.267 e. The number of carbonyl (C=O) groups excluding carboxylic acids is 4. The molecule has 0 saturated carbocycles. The molecule has 0 aliphatic carbocycles. The molecule has 0 bridgehead atoms. The fraction of sp³-hybridized carbons (Fsp3) is 0.167. The van der Waals surface area contributed by atoms with Crippen LogP contribution in [0.3, 0.4) is 0 Å². The maximum Gasteiger partial charge on any atom is 0.267 e. The van der Waals surface area contributed by atoms with Crippen LogP contribution in [-0.2, 0) is 19.2 Å². The van der Waals surface area contributed by atoms with Crippen LogP contribution < -0.4 is 10.6 Å². The molecule has 2 aromatic carbocycles. The summed E-state index contributed by atoms with van der Waals surface area (Å²) in [7, 11) is 0. The van der Waals surface area contributed by atoms with Crippen LogP contribution in [0.2, 0.25) is 30.1 Å². The molecule has 2 aliphatic heterocycles. The highest BCUT2D eigenvalue weighted by Gasteiger charge is 2.42. The van der Waals surface area contributed by atoms with Crippen molar-refractivity contribution >= 4 is 161 Å². The van der Waals surface area contributed by atoms with E-state index >= 15 is 0 Å². The molecule has 2 aliphatic rings. The van der Waals surface area contributed by atoms with Crippen molar-refractivity contribution in [3.63, 3.8) is 0 Å². The van der Waals surface area contributed by atoms with Crippen molar-refractivity contribution in [1.29, 1.82) is 0 Å². The summed E-state index contributed by atoms with van der Waals surface area (Å²) in [4.78, 5) is 54.0. The lowest BCUT2D eigenvalue weighted by molar-refractivity contribution is -0.125. The first-order valence-corrected chi connectivity index (χ1v) is 16.2. The molecule has 0 atom stereocenters. The summed E-state index contributed by atoms with van der Waals surface area (Å²) in [6.45, 7) is -0.0899. The predicted molar refractivity (Wildman–Crippen MR) is 180 cm³/mol. The van der Waals surface area contributed by atoms with Crippen molar-refractivity contribution in [3.8, 4) is 0 Å². The average Bonchev–Trinajstić information content (AvgIpc) is 3.36. The molecule has 0 unspecified atom stereocenters. The monoisotopic (exact) mass is 760 g/mol. The van der Waals surface area contributed by atoms with Gasteiger partial charge in [0.2, 0.25) is 11.8 Å². The van der Waals surface area contributed by atoms with Crippen LogP contribution in [-0.4, -0.2) is 55.2 Å². The van der Waals surface area contributed by atoms with E-state index in [1.165, 1.54) is 34.1 Å². The van der Waals surface area contributed by atoms with Crippen molar-refractivity contribution in [2.24, 2.45) is 0 Å². The molecule has 2 fully saturated rings. The highest BCUT2D eigenvalue weighted by atomic mass is 35.5. The van der Waals surface area contributed by atoms with E-state index in [4.69, 9.17) is 94.0 Å². The van der Waals surface area contributed by atoms with Crippen LogP contribution in [0.15, 0.2) is 34.1 Å². The molecule has 0 aromatic heterocycles. The fourth-order valence-corrected chi connectivity index (χ4v) is 7.50.